The van der Waals surface area contributed by atoms with Gasteiger partial charge in [0.15, 0.2) is 0 Å². The first kappa shape index (κ1) is 37.1. The van der Waals surface area contributed by atoms with Crippen LogP contribution in [-0.4, -0.2) is 58.8 Å². The number of ether oxygens (including phenoxy) is 3. The van der Waals surface area contributed by atoms with Gasteiger partial charge < -0.3 is 19.3 Å². The van der Waals surface area contributed by atoms with Crippen molar-refractivity contribution >= 4 is 23.9 Å². The predicted molar refractivity (Wildman–Crippen MR) is 179 cm³/mol. The number of esters is 3. The maximum Gasteiger partial charge on any atom is 0.314 e. The summed E-state index contributed by atoms with van der Waals surface area (Å²) in [5, 5.41) is 9.66. The van der Waals surface area contributed by atoms with Crippen molar-refractivity contribution in [3.05, 3.63) is 132 Å². The molecule has 4 aromatic rings. The minimum Gasteiger partial charge on any atom is -0.481 e. The van der Waals surface area contributed by atoms with Crippen LogP contribution in [0.3, 0.4) is 0 Å². The summed E-state index contributed by atoms with van der Waals surface area (Å²) < 4.78 is 15.2. The van der Waals surface area contributed by atoms with E-state index in [4.69, 9.17) is 14.2 Å². The van der Waals surface area contributed by atoms with Crippen molar-refractivity contribution in [2.75, 3.05) is 14.2 Å². The van der Waals surface area contributed by atoms with Gasteiger partial charge in [-0.25, -0.2) is 0 Å². The molecule has 0 aliphatic carbocycles. The molecule has 1 N–H and O–H groups in total. The van der Waals surface area contributed by atoms with E-state index >= 15 is 0 Å². The van der Waals surface area contributed by atoms with E-state index in [1.54, 1.807) is 36.8 Å². The quantitative estimate of drug-likeness (QED) is 0.134. The van der Waals surface area contributed by atoms with E-state index in [9.17, 15) is 24.3 Å². The highest BCUT2D eigenvalue weighted by atomic mass is 16.6. The average Bonchev–Trinajstić information content (AvgIpc) is 3.08. The minimum atomic E-state index is -0.995. The van der Waals surface area contributed by atoms with Crippen LogP contribution in [0.1, 0.15) is 79.5 Å². The molecule has 0 saturated carbocycles. The lowest BCUT2D eigenvalue weighted by atomic mass is 9.79. The van der Waals surface area contributed by atoms with E-state index in [2.05, 4.69) is 9.97 Å². The molecule has 0 fully saturated rings. The third-order valence-electron chi connectivity index (χ3n) is 7.50. The molecule has 4 unspecified atom stereocenters. The molecule has 252 valence electrons. The Balaban J connectivity index is 0.000000264. The van der Waals surface area contributed by atoms with E-state index in [1.807, 2.05) is 87.5 Å². The highest BCUT2D eigenvalue weighted by Crippen LogP contribution is 2.38. The van der Waals surface area contributed by atoms with Gasteiger partial charge in [-0.05, 0) is 55.2 Å². The Morgan fingerprint density at radius 2 is 1.02 bits per heavy atom. The second kappa shape index (κ2) is 18.1. The first-order valence-corrected chi connectivity index (χ1v) is 15.4. The zero-order valence-corrected chi connectivity index (χ0v) is 27.8. The van der Waals surface area contributed by atoms with Crippen LogP contribution in [0, 0.1) is 0 Å². The Morgan fingerprint density at radius 3 is 1.38 bits per heavy atom. The van der Waals surface area contributed by atoms with E-state index < -0.39 is 41.2 Å². The molecule has 4 atom stereocenters. The Hall–Kier alpha value is -5.38. The number of aliphatic carboxylic acids is 1. The van der Waals surface area contributed by atoms with Crippen molar-refractivity contribution in [2.24, 2.45) is 0 Å². The van der Waals surface area contributed by atoms with Crippen molar-refractivity contribution in [2.45, 2.75) is 62.9 Å². The number of hydrogen-bond donors (Lipinski definition) is 1. The summed E-state index contributed by atoms with van der Waals surface area (Å²) >= 11 is 0. The van der Waals surface area contributed by atoms with Gasteiger partial charge in [-0.1, -0.05) is 72.8 Å². The fourth-order valence-corrected chi connectivity index (χ4v) is 5.35. The summed E-state index contributed by atoms with van der Waals surface area (Å²) in [7, 11) is 2.64. The Bertz CT molecular complexity index is 1590. The molecule has 10 heteroatoms. The van der Waals surface area contributed by atoms with Crippen LogP contribution in [0.4, 0.5) is 0 Å². The molecule has 48 heavy (non-hydrogen) atoms. The molecule has 0 amide bonds. The number of carbonyl (C=O) groups excluding carboxylic acids is 3. The third kappa shape index (κ3) is 11.2. The zero-order chi connectivity index (χ0) is 35.1. The predicted octanol–water partition coefficient (Wildman–Crippen LogP) is 6.45. The number of benzene rings is 2. The molecule has 10 nitrogen and oxygen atoms in total. The number of carboxylic acids is 1. The van der Waals surface area contributed by atoms with Gasteiger partial charge in [0.05, 0.1) is 38.9 Å². The number of nitrogens with zero attached hydrogens (tertiary/aromatic N) is 2. The van der Waals surface area contributed by atoms with Gasteiger partial charge in [0, 0.05) is 36.6 Å². The van der Waals surface area contributed by atoms with Crippen LogP contribution in [0.2, 0.25) is 0 Å². The van der Waals surface area contributed by atoms with Gasteiger partial charge in [-0.15, -0.1) is 0 Å². The van der Waals surface area contributed by atoms with Crippen LogP contribution in [0.15, 0.2) is 110 Å². The van der Waals surface area contributed by atoms with Crippen molar-refractivity contribution in [3.8, 4) is 0 Å². The SMILES string of the molecule is COC(=O)CC(c1ccccc1)C(C(=O)O)c1cccnc1.COC(=O)CC(c1ccccc1)C(C(=O)OC(C)(C)C)c1cccnc1. The molecule has 2 heterocycles. The van der Waals surface area contributed by atoms with Crippen LogP contribution in [-0.2, 0) is 33.4 Å². The minimum absolute atomic E-state index is 0.00757. The first-order valence-electron chi connectivity index (χ1n) is 15.4. The number of pyridine rings is 2. The number of hydrogen-bond acceptors (Lipinski definition) is 9. The average molecular weight is 655 g/mol. The summed E-state index contributed by atoms with van der Waals surface area (Å²) in [6.07, 6.45) is 6.45. The molecule has 0 radical (unpaired) electrons. The van der Waals surface area contributed by atoms with Gasteiger partial charge in [-0.3, -0.25) is 29.1 Å². The number of aromatic nitrogens is 2. The molecule has 0 aliphatic rings. The van der Waals surface area contributed by atoms with E-state index in [-0.39, 0.29) is 24.8 Å². The monoisotopic (exact) mass is 654 g/mol. The normalized spacial score (nSPS) is 13.4. The van der Waals surface area contributed by atoms with Crippen molar-refractivity contribution in [1.29, 1.82) is 0 Å². The molecule has 4 rings (SSSR count). The van der Waals surface area contributed by atoms with Gasteiger partial charge in [-0.2, -0.15) is 0 Å². The van der Waals surface area contributed by atoms with Crippen LogP contribution in [0.25, 0.3) is 0 Å². The highest BCUT2D eigenvalue weighted by Gasteiger charge is 2.36. The molecule has 0 aliphatic heterocycles. The lowest BCUT2D eigenvalue weighted by molar-refractivity contribution is -0.158. The summed E-state index contributed by atoms with van der Waals surface area (Å²) in [6, 6.07) is 25.6. The first-order chi connectivity index (χ1) is 22.9. The molecular weight excluding hydrogens is 612 g/mol. The number of methoxy groups -OCH3 is 2. The highest BCUT2D eigenvalue weighted by molar-refractivity contribution is 5.82. The van der Waals surface area contributed by atoms with Gasteiger partial charge >= 0.3 is 23.9 Å². The molecule has 0 saturated heterocycles. The largest absolute Gasteiger partial charge is 0.481 e. The van der Waals surface area contributed by atoms with E-state index in [1.165, 1.54) is 20.4 Å². The number of carbonyl (C=O) groups is 4. The maximum atomic E-state index is 13.0. The maximum absolute atomic E-state index is 13.0. The Morgan fingerprint density at radius 1 is 0.625 bits per heavy atom. The standard InChI is InChI=1S/C21H25NO4.C17H17NO4/c1-21(2,3)26-20(24)19(16-11-8-12-22-14-16)17(13-18(23)25-4)15-9-6-5-7-10-15;1-22-15(19)10-14(12-6-3-2-4-7-12)16(17(20)21)13-8-5-9-18-11-13/h5-12,14,17,19H,13H2,1-4H3;2-9,11,14,16H,10H2,1H3,(H,20,21). The van der Waals surface area contributed by atoms with E-state index in [0.29, 0.717) is 11.1 Å². The lowest BCUT2D eigenvalue weighted by Gasteiger charge is -2.29. The van der Waals surface area contributed by atoms with Gasteiger partial charge in [0.25, 0.3) is 0 Å². The Labute approximate surface area is 281 Å². The molecular formula is C38H42N2O8. The van der Waals surface area contributed by atoms with Crippen LogP contribution < -0.4 is 0 Å². The van der Waals surface area contributed by atoms with E-state index in [0.717, 1.165) is 11.1 Å². The second-order valence-corrected chi connectivity index (χ2v) is 12.0. The van der Waals surface area contributed by atoms with Crippen LogP contribution in [0.5, 0.6) is 0 Å². The smallest absolute Gasteiger partial charge is 0.314 e. The molecule has 2 aromatic carbocycles. The third-order valence-corrected chi connectivity index (χ3v) is 7.50. The fraction of sp³-hybridized carbons (Fsp3) is 0.316. The molecule has 2 aromatic heterocycles. The Kier molecular flexibility index (Phi) is 14.0. The summed E-state index contributed by atoms with van der Waals surface area (Å²) in [5.41, 5.74) is 2.29. The second-order valence-electron chi connectivity index (χ2n) is 12.0. The van der Waals surface area contributed by atoms with Gasteiger partial charge in [0.2, 0.25) is 0 Å². The summed E-state index contributed by atoms with van der Waals surface area (Å²) in [5.74, 6) is -4.66. The summed E-state index contributed by atoms with van der Waals surface area (Å²) in [4.78, 5) is 56.7. The van der Waals surface area contributed by atoms with Crippen molar-refractivity contribution < 1.29 is 38.5 Å². The van der Waals surface area contributed by atoms with Crippen LogP contribution >= 0.6 is 0 Å². The number of carboxylic acid groups (broad SMARTS) is 1. The fourth-order valence-electron chi connectivity index (χ4n) is 5.35. The number of rotatable bonds is 12. The zero-order valence-electron chi connectivity index (χ0n) is 27.8. The van der Waals surface area contributed by atoms with Crippen molar-refractivity contribution in [3.63, 3.8) is 0 Å². The topological polar surface area (TPSA) is 142 Å². The van der Waals surface area contributed by atoms with Gasteiger partial charge in [0.1, 0.15) is 5.60 Å². The summed E-state index contributed by atoms with van der Waals surface area (Å²) in [6.45, 7) is 5.47. The lowest BCUT2D eigenvalue weighted by Crippen LogP contribution is -2.31. The molecule has 0 spiro atoms. The molecule has 0 bridgehead atoms. The van der Waals surface area contributed by atoms with Crippen molar-refractivity contribution in [1.82, 2.24) is 9.97 Å².